The van der Waals surface area contributed by atoms with E-state index < -0.39 is 5.91 Å². The number of carbonyl (C=O) groups is 1. The highest BCUT2D eigenvalue weighted by molar-refractivity contribution is 6.03. The summed E-state index contributed by atoms with van der Waals surface area (Å²) in [4.78, 5) is 12.6. The van der Waals surface area contributed by atoms with E-state index in [1.54, 1.807) is 19.1 Å². The summed E-state index contributed by atoms with van der Waals surface area (Å²) in [5, 5.41) is 30.6. The van der Waals surface area contributed by atoms with Crippen LogP contribution in [-0.2, 0) is 0 Å². The normalized spacial score (nSPS) is 11.3. The van der Waals surface area contributed by atoms with E-state index in [0.29, 0.717) is 11.3 Å². The monoisotopic (exact) mass is 378 g/mol. The Hall–Kier alpha value is -4.28. The van der Waals surface area contributed by atoms with Gasteiger partial charge in [0, 0.05) is 5.56 Å². The highest BCUT2D eigenvalue weighted by atomic mass is 16.6. The summed E-state index contributed by atoms with van der Waals surface area (Å²) in [5.41, 5.74) is 8.92. The van der Waals surface area contributed by atoms with Gasteiger partial charge < -0.3 is 10.8 Å². The summed E-state index contributed by atoms with van der Waals surface area (Å²) in [6.07, 6.45) is 1.37. The van der Waals surface area contributed by atoms with Gasteiger partial charge in [-0.3, -0.25) is 4.79 Å². The molecule has 4 aromatic rings. The molecule has 0 spiro atoms. The molecule has 2 heterocycles. The molecule has 0 bridgehead atoms. The molecule has 0 aliphatic carbocycles. The Morgan fingerprint density at radius 2 is 2.11 bits per heavy atom. The predicted octanol–water partition coefficient (Wildman–Crippen LogP) is 1.16. The molecule has 1 amide bonds. The summed E-state index contributed by atoms with van der Waals surface area (Å²) in [6, 6.07) is 10.9. The molecule has 140 valence electrons. The second-order valence-electron chi connectivity index (χ2n) is 5.83. The number of phenols is 1. The predicted molar refractivity (Wildman–Crippen MR) is 99.0 cm³/mol. The number of hydrazone groups is 1. The fourth-order valence-corrected chi connectivity index (χ4v) is 2.73. The average molecular weight is 378 g/mol. The first-order chi connectivity index (χ1) is 13.6. The van der Waals surface area contributed by atoms with Crippen molar-refractivity contribution in [2.75, 3.05) is 5.73 Å². The van der Waals surface area contributed by atoms with Gasteiger partial charge in [0.1, 0.15) is 5.75 Å². The van der Waals surface area contributed by atoms with Gasteiger partial charge in [0.2, 0.25) is 11.6 Å². The quantitative estimate of drug-likeness (QED) is 0.353. The molecule has 0 aliphatic heterocycles. The SMILES string of the molecule is Cc1nnn(-c2nonc2N)c1C(=O)N/N=C\c1c(O)ccc2ccccc12. The van der Waals surface area contributed by atoms with Crippen molar-refractivity contribution < 1.29 is 14.5 Å². The van der Waals surface area contributed by atoms with Crippen molar-refractivity contribution in [3.63, 3.8) is 0 Å². The van der Waals surface area contributed by atoms with Crippen LogP contribution in [0.15, 0.2) is 46.1 Å². The molecule has 4 rings (SSSR count). The zero-order valence-corrected chi connectivity index (χ0v) is 14.6. The molecule has 11 heteroatoms. The van der Waals surface area contributed by atoms with Gasteiger partial charge in [-0.1, -0.05) is 35.5 Å². The smallest absolute Gasteiger partial charge is 0.292 e. The maximum absolute atomic E-state index is 12.6. The Labute approximate surface area is 157 Å². The summed E-state index contributed by atoms with van der Waals surface area (Å²) in [7, 11) is 0. The van der Waals surface area contributed by atoms with E-state index in [1.807, 2.05) is 24.3 Å². The van der Waals surface area contributed by atoms with Gasteiger partial charge in [-0.15, -0.1) is 5.10 Å². The molecule has 0 radical (unpaired) electrons. The van der Waals surface area contributed by atoms with E-state index in [0.717, 1.165) is 15.5 Å². The number of fused-ring (bicyclic) bond motifs is 1. The van der Waals surface area contributed by atoms with Crippen molar-refractivity contribution in [3.8, 4) is 11.6 Å². The molecule has 0 unspecified atom stereocenters. The van der Waals surface area contributed by atoms with Crippen molar-refractivity contribution >= 4 is 28.7 Å². The second kappa shape index (κ2) is 6.79. The largest absolute Gasteiger partial charge is 0.507 e. The maximum Gasteiger partial charge on any atom is 0.292 e. The average Bonchev–Trinajstić information content (AvgIpc) is 3.28. The van der Waals surface area contributed by atoms with Crippen LogP contribution in [0.1, 0.15) is 21.7 Å². The van der Waals surface area contributed by atoms with Gasteiger partial charge in [-0.05, 0) is 34.1 Å². The molecule has 0 aliphatic rings. The number of aryl methyl sites for hydroxylation is 1. The second-order valence-corrected chi connectivity index (χ2v) is 5.83. The lowest BCUT2D eigenvalue weighted by molar-refractivity contribution is 0.0946. The number of nitrogens with two attached hydrogens (primary N) is 1. The Morgan fingerprint density at radius 3 is 2.89 bits per heavy atom. The van der Waals surface area contributed by atoms with E-state index in [-0.39, 0.29) is 23.1 Å². The highest BCUT2D eigenvalue weighted by Gasteiger charge is 2.22. The zero-order valence-electron chi connectivity index (χ0n) is 14.6. The number of hydrogen-bond donors (Lipinski definition) is 3. The Bertz CT molecular complexity index is 1210. The topological polar surface area (TPSA) is 157 Å². The van der Waals surface area contributed by atoms with Gasteiger partial charge in [-0.25, -0.2) is 10.1 Å². The van der Waals surface area contributed by atoms with Crippen molar-refractivity contribution in [1.29, 1.82) is 0 Å². The molecule has 28 heavy (non-hydrogen) atoms. The number of carbonyl (C=O) groups excluding carboxylic acids is 1. The van der Waals surface area contributed by atoms with Gasteiger partial charge in [0.15, 0.2) is 5.69 Å². The van der Waals surface area contributed by atoms with Crippen LogP contribution < -0.4 is 11.2 Å². The third-order valence-corrected chi connectivity index (χ3v) is 4.06. The van der Waals surface area contributed by atoms with E-state index in [1.165, 1.54) is 6.21 Å². The molecular weight excluding hydrogens is 364 g/mol. The number of nitrogens with one attached hydrogen (secondary N) is 1. The number of aromatic nitrogens is 5. The number of phenolic OH excluding ortho intramolecular Hbond substituents is 1. The van der Waals surface area contributed by atoms with Crippen LogP contribution in [0.4, 0.5) is 5.82 Å². The number of nitrogen functional groups attached to an aromatic ring is 1. The van der Waals surface area contributed by atoms with Gasteiger partial charge >= 0.3 is 0 Å². The number of nitrogens with zero attached hydrogens (tertiary/aromatic N) is 6. The standard InChI is InChI=1S/C17H14N8O3/c1-9-14(25(24-20-9)16-15(18)22-28-23-16)17(27)21-19-8-12-11-5-3-2-4-10(11)6-7-13(12)26/h2-8,26H,1H3,(H2,18,22)(H,21,27)/b19-8-. The van der Waals surface area contributed by atoms with Crippen LogP contribution in [0.3, 0.4) is 0 Å². The van der Waals surface area contributed by atoms with Crippen LogP contribution in [0.5, 0.6) is 5.75 Å². The number of anilines is 1. The number of aromatic hydroxyl groups is 1. The first-order valence-corrected chi connectivity index (χ1v) is 8.11. The van der Waals surface area contributed by atoms with Crippen molar-refractivity contribution in [1.82, 2.24) is 30.7 Å². The minimum atomic E-state index is -0.596. The molecule has 2 aromatic heterocycles. The Balaban J connectivity index is 1.62. The third-order valence-electron chi connectivity index (χ3n) is 4.06. The van der Waals surface area contributed by atoms with Gasteiger partial charge in [0.05, 0.1) is 11.9 Å². The Morgan fingerprint density at radius 1 is 1.29 bits per heavy atom. The van der Waals surface area contributed by atoms with E-state index >= 15 is 0 Å². The van der Waals surface area contributed by atoms with Crippen LogP contribution >= 0.6 is 0 Å². The summed E-state index contributed by atoms with van der Waals surface area (Å²) in [6.45, 7) is 1.60. The minimum absolute atomic E-state index is 0.0388. The fourth-order valence-electron chi connectivity index (χ4n) is 2.73. The molecule has 0 atom stereocenters. The number of hydrogen-bond acceptors (Lipinski definition) is 9. The van der Waals surface area contributed by atoms with Gasteiger partial charge in [-0.2, -0.15) is 9.78 Å². The summed E-state index contributed by atoms with van der Waals surface area (Å²) < 4.78 is 5.65. The first kappa shape index (κ1) is 17.1. The lowest BCUT2D eigenvalue weighted by Crippen LogP contribution is -2.22. The number of benzene rings is 2. The molecule has 0 saturated carbocycles. The van der Waals surface area contributed by atoms with E-state index in [4.69, 9.17) is 5.73 Å². The summed E-state index contributed by atoms with van der Waals surface area (Å²) in [5.74, 6) is -0.550. The number of rotatable bonds is 4. The minimum Gasteiger partial charge on any atom is -0.507 e. The maximum atomic E-state index is 12.6. The Kier molecular flexibility index (Phi) is 4.16. The lowest BCUT2D eigenvalue weighted by Gasteiger charge is -2.05. The summed E-state index contributed by atoms with van der Waals surface area (Å²) >= 11 is 0. The van der Waals surface area contributed by atoms with E-state index in [9.17, 15) is 9.90 Å². The van der Waals surface area contributed by atoms with Crippen molar-refractivity contribution in [3.05, 3.63) is 53.3 Å². The molecule has 0 fully saturated rings. The molecule has 2 aromatic carbocycles. The van der Waals surface area contributed by atoms with Crippen LogP contribution in [0, 0.1) is 6.92 Å². The van der Waals surface area contributed by atoms with Crippen LogP contribution in [0.2, 0.25) is 0 Å². The van der Waals surface area contributed by atoms with Crippen molar-refractivity contribution in [2.24, 2.45) is 5.10 Å². The third kappa shape index (κ3) is 2.90. The molecule has 11 nitrogen and oxygen atoms in total. The van der Waals surface area contributed by atoms with Crippen LogP contribution in [0.25, 0.3) is 16.6 Å². The fraction of sp³-hybridized carbons (Fsp3) is 0.0588. The zero-order chi connectivity index (χ0) is 19.7. The lowest BCUT2D eigenvalue weighted by atomic mass is 10.0. The number of amides is 1. The van der Waals surface area contributed by atoms with Crippen LogP contribution in [-0.4, -0.2) is 42.5 Å². The first-order valence-electron chi connectivity index (χ1n) is 8.11. The van der Waals surface area contributed by atoms with Crippen molar-refractivity contribution in [2.45, 2.75) is 6.92 Å². The van der Waals surface area contributed by atoms with Gasteiger partial charge in [0.25, 0.3) is 5.91 Å². The van der Waals surface area contributed by atoms with E-state index in [2.05, 4.69) is 35.8 Å². The molecule has 4 N–H and O–H groups in total. The molecular formula is C17H14N8O3. The highest BCUT2D eigenvalue weighted by Crippen LogP contribution is 2.25. The molecule has 0 saturated heterocycles.